The molecule has 0 heterocycles. The van der Waals surface area contributed by atoms with Crippen molar-refractivity contribution >= 4 is 32.1 Å². The molecule has 0 aromatic rings. The number of ether oxygens (including phenoxy) is 1. The van der Waals surface area contributed by atoms with Gasteiger partial charge in [0.2, 0.25) is 0 Å². The fourth-order valence-electron chi connectivity index (χ4n) is 1.81. The van der Waals surface area contributed by atoms with E-state index in [1.807, 2.05) is 0 Å². The summed E-state index contributed by atoms with van der Waals surface area (Å²) in [4.78, 5) is 11.3. The molecule has 0 amide bonds. The third-order valence-corrected chi connectivity index (χ3v) is 6.46. The van der Waals surface area contributed by atoms with Gasteiger partial charge >= 0.3 is 5.97 Å². The van der Waals surface area contributed by atoms with Gasteiger partial charge in [-0.15, -0.1) is 0 Å². The van der Waals surface area contributed by atoms with E-state index in [4.69, 9.17) is 13.6 Å². The van der Waals surface area contributed by atoms with Crippen molar-refractivity contribution in [3.8, 4) is 0 Å². The highest BCUT2D eigenvalue weighted by molar-refractivity contribution is 6.70. The third-order valence-electron chi connectivity index (χ3n) is 2.64. The first kappa shape index (κ1) is 21.8. The third kappa shape index (κ3) is 13.4. The Morgan fingerprint density at radius 3 is 2.00 bits per heavy atom. The van der Waals surface area contributed by atoms with E-state index in [1.54, 1.807) is 6.92 Å². The first-order valence-electron chi connectivity index (χ1n) is 8.09. The summed E-state index contributed by atoms with van der Waals surface area (Å²) in [5.41, 5.74) is 0.462. The average molecular weight is 363 g/mol. The van der Waals surface area contributed by atoms with Crippen LogP contribution in [-0.2, 0) is 18.4 Å². The molecule has 130 valence electrons. The molecule has 0 aliphatic carbocycles. The molecule has 0 N–H and O–H groups in total. The summed E-state index contributed by atoms with van der Waals surface area (Å²) in [6.07, 6.45) is 0.903. The van der Waals surface area contributed by atoms with E-state index in [0.717, 1.165) is 18.5 Å². The van der Waals surface area contributed by atoms with E-state index in [9.17, 15) is 4.79 Å². The zero-order valence-electron chi connectivity index (χ0n) is 15.5. The Morgan fingerprint density at radius 1 is 1.09 bits per heavy atom. The molecule has 22 heavy (non-hydrogen) atoms. The second-order valence-electron chi connectivity index (χ2n) is 7.66. The van der Waals surface area contributed by atoms with Crippen LogP contribution in [0, 0.1) is 0 Å². The standard InChI is InChI=1S/C15H34O4Si3/c1-13(2)15(16)17-10-9-11-20-12-14(18-21(3,4)5)19-22(6,7)8/h14H,1,9-12,20H2,2-8H3. The quantitative estimate of drug-likeness (QED) is 0.185. The van der Waals surface area contributed by atoms with E-state index in [1.165, 1.54) is 0 Å². The van der Waals surface area contributed by atoms with Crippen LogP contribution in [0.25, 0.3) is 0 Å². The van der Waals surface area contributed by atoms with E-state index >= 15 is 0 Å². The van der Waals surface area contributed by atoms with Gasteiger partial charge in [-0.05, 0) is 58.7 Å². The molecular weight excluding hydrogens is 328 g/mol. The maximum absolute atomic E-state index is 11.3. The predicted molar refractivity (Wildman–Crippen MR) is 101 cm³/mol. The van der Waals surface area contributed by atoms with Crippen LogP contribution in [0.2, 0.25) is 51.4 Å². The number of carbonyl (C=O) groups excluding carboxylic acids is 1. The number of hydrogen-bond donors (Lipinski definition) is 0. The lowest BCUT2D eigenvalue weighted by Crippen LogP contribution is -2.40. The van der Waals surface area contributed by atoms with E-state index in [0.29, 0.717) is 12.2 Å². The summed E-state index contributed by atoms with van der Waals surface area (Å²) in [5.74, 6) is -0.288. The Balaban J connectivity index is 4.03. The van der Waals surface area contributed by atoms with Crippen LogP contribution in [0.15, 0.2) is 12.2 Å². The Morgan fingerprint density at radius 2 is 1.59 bits per heavy atom. The highest BCUT2D eigenvalue weighted by atomic mass is 28.4. The van der Waals surface area contributed by atoms with Gasteiger partial charge in [0.25, 0.3) is 0 Å². The Kier molecular flexibility index (Phi) is 9.72. The summed E-state index contributed by atoms with van der Waals surface area (Å²) in [5, 5.41) is 0. The van der Waals surface area contributed by atoms with Gasteiger partial charge in [0.05, 0.1) is 6.61 Å². The van der Waals surface area contributed by atoms with Gasteiger partial charge in [-0.3, -0.25) is 0 Å². The maximum Gasteiger partial charge on any atom is 0.333 e. The lowest BCUT2D eigenvalue weighted by Gasteiger charge is -2.31. The van der Waals surface area contributed by atoms with Gasteiger partial charge in [0, 0.05) is 15.1 Å². The number of esters is 1. The number of rotatable bonds is 11. The van der Waals surface area contributed by atoms with E-state index in [2.05, 4.69) is 45.9 Å². The Labute approximate surface area is 140 Å². The second kappa shape index (κ2) is 9.82. The van der Waals surface area contributed by atoms with Crippen LogP contribution >= 0.6 is 0 Å². The van der Waals surface area contributed by atoms with Crippen LogP contribution in [0.5, 0.6) is 0 Å². The minimum Gasteiger partial charge on any atom is -0.462 e. The van der Waals surface area contributed by atoms with Crippen molar-refractivity contribution in [2.45, 2.75) is 71.0 Å². The average Bonchev–Trinajstić information content (AvgIpc) is 2.28. The van der Waals surface area contributed by atoms with Crippen LogP contribution in [0.3, 0.4) is 0 Å². The molecule has 7 heteroatoms. The molecule has 0 saturated heterocycles. The lowest BCUT2D eigenvalue weighted by molar-refractivity contribution is -0.138. The zero-order chi connectivity index (χ0) is 17.4. The first-order chi connectivity index (χ1) is 9.91. The molecule has 0 aliphatic rings. The van der Waals surface area contributed by atoms with Crippen molar-refractivity contribution in [3.05, 3.63) is 12.2 Å². The van der Waals surface area contributed by atoms with Crippen molar-refractivity contribution in [1.82, 2.24) is 0 Å². The van der Waals surface area contributed by atoms with Crippen LogP contribution in [-0.4, -0.2) is 45.0 Å². The summed E-state index contributed by atoms with van der Waals surface area (Å²) in [6, 6.07) is 2.19. The SMILES string of the molecule is C=C(C)C(=O)OCCC[SiH2]CC(O[Si](C)(C)C)O[Si](C)(C)C. The molecule has 0 aromatic heterocycles. The monoisotopic (exact) mass is 362 g/mol. The van der Waals surface area contributed by atoms with Crippen molar-refractivity contribution in [1.29, 1.82) is 0 Å². The van der Waals surface area contributed by atoms with Crippen molar-refractivity contribution in [3.63, 3.8) is 0 Å². The van der Waals surface area contributed by atoms with Gasteiger partial charge in [-0.25, -0.2) is 4.79 Å². The molecule has 0 aliphatic heterocycles. The fraction of sp³-hybridized carbons (Fsp3) is 0.800. The van der Waals surface area contributed by atoms with Gasteiger partial charge in [-0.1, -0.05) is 12.6 Å². The summed E-state index contributed by atoms with van der Waals surface area (Å²) >= 11 is 0. The maximum atomic E-state index is 11.3. The molecule has 0 rings (SSSR count). The molecule has 0 unspecified atom stereocenters. The lowest BCUT2D eigenvalue weighted by atomic mass is 10.4. The minimum atomic E-state index is -1.58. The molecule has 0 atom stereocenters. The van der Waals surface area contributed by atoms with Crippen molar-refractivity contribution in [2.24, 2.45) is 0 Å². The topological polar surface area (TPSA) is 44.8 Å². The van der Waals surface area contributed by atoms with Gasteiger partial charge in [0.15, 0.2) is 16.6 Å². The summed E-state index contributed by atoms with van der Waals surface area (Å²) in [7, 11) is -3.42. The predicted octanol–water partition coefficient (Wildman–Crippen LogP) is 3.53. The Hall–Kier alpha value is -0.219. The highest BCUT2D eigenvalue weighted by Gasteiger charge is 2.26. The molecule has 0 aromatic carbocycles. The molecular formula is C15H34O4Si3. The molecule has 0 spiro atoms. The molecule has 0 bridgehead atoms. The van der Waals surface area contributed by atoms with Crippen LogP contribution in [0.1, 0.15) is 13.3 Å². The zero-order valence-corrected chi connectivity index (χ0v) is 18.9. The van der Waals surface area contributed by atoms with Gasteiger partial charge < -0.3 is 13.6 Å². The van der Waals surface area contributed by atoms with E-state index < -0.39 is 16.6 Å². The smallest absolute Gasteiger partial charge is 0.333 e. The number of carbonyl (C=O) groups is 1. The number of hydrogen-bond acceptors (Lipinski definition) is 4. The van der Waals surface area contributed by atoms with Crippen molar-refractivity contribution < 1.29 is 18.4 Å². The largest absolute Gasteiger partial charge is 0.462 e. The Bertz CT molecular complexity index is 343. The van der Waals surface area contributed by atoms with Crippen molar-refractivity contribution in [2.75, 3.05) is 6.61 Å². The summed E-state index contributed by atoms with van der Waals surface area (Å²) < 4.78 is 17.5. The normalized spacial score (nSPS) is 13.1. The van der Waals surface area contributed by atoms with Gasteiger partial charge in [0.1, 0.15) is 6.29 Å². The second-order valence-corrected chi connectivity index (χ2v) is 18.6. The molecule has 4 nitrogen and oxygen atoms in total. The van der Waals surface area contributed by atoms with Crippen LogP contribution in [0.4, 0.5) is 0 Å². The first-order valence-corrected chi connectivity index (χ1v) is 16.9. The van der Waals surface area contributed by atoms with Crippen LogP contribution < -0.4 is 0 Å². The fourth-order valence-corrected chi connectivity index (χ4v) is 5.70. The van der Waals surface area contributed by atoms with Gasteiger partial charge in [-0.2, -0.15) is 0 Å². The minimum absolute atomic E-state index is 0.0250. The van der Waals surface area contributed by atoms with E-state index in [-0.39, 0.29) is 21.8 Å². The molecule has 0 saturated carbocycles. The molecule has 0 radical (unpaired) electrons. The highest BCUT2D eigenvalue weighted by Crippen LogP contribution is 2.17. The summed E-state index contributed by atoms with van der Waals surface area (Å²) in [6.45, 7) is 18.9. The molecule has 0 fully saturated rings.